The van der Waals surface area contributed by atoms with Gasteiger partial charge in [-0.25, -0.2) is 9.59 Å². The van der Waals surface area contributed by atoms with Crippen LogP contribution in [0, 0.1) is 0 Å². The van der Waals surface area contributed by atoms with Crippen LogP contribution in [0.5, 0.6) is 0 Å². The van der Waals surface area contributed by atoms with Gasteiger partial charge in [-0.2, -0.15) is 0 Å². The Morgan fingerprint density at radius 3 is 2.54 bits per heavy atom. The molecule has 0 spiro atoms. The van der Waals surface area contributed by atoms with E-state index in [2.05, 4.69) is 9.88 Å². The second kappa shape index (κ2) is 6.89. The number of aliphatic hydroxyl groups is 1. The van der Waals surface area contributed by atoms with E-state index in [0.29, 0.717) is 26.1 Å². The quantitative estimate of drug-likeness (QED) is 0.729. The van der Waals surface area contributed by atoms with Crippen molar-refractivity contribution in [2.24, 2.45) is 0 Å². The number of hydrogen-bond acceptors (Lipinski definition) is 5. The number of aromatic amines is 1. The van der Waals surface area contributed by atoms with Crippen LogP contribution in [0.1, 0.15) is 35.3 Å². The highest BCUT2D eigenvalue weighted by molar-refractivity contribution is 5.87. The summed E-state index contributed by atoms with van der Waals surface area (Å²) in [5, 5.41) is 19.8. The van der Waals surface area contributed by atoms with Crippen LogP contribution < -0.4 is 11.2 Å². The van der Waals surface area contributed by atoms with Gasteiger partial charge in [-0.1, -0.05) is 12.1 Å². The number of aromatic carboxylic acids is 1. The summed E-state index contributed by atoms with van der Waals surface area (Å²) in [6.45, 7) is 3.26. The van der Waals surface area contributed by atoms with Gasteiger partial charge in [0.15, 0.2) is 0 Å². The number of β-amino-alcohol motifs (C(OH)–C–C–N with tert-alkyl or cyclic N) is 1. The molecule has 1 aromatic heterocycles. The number of H-pyrrole nitrogens is 1. The first kappa shape index (κ1) is 18.1. The zero-order valence-corrected chi connectivity index (χ0v) is 14.4. The van der Waals surface area contributed by atoms with Crippen LogP contribution in [0.3, 0.4) is 0 Å². The van der Waals surface area contributed by atoms with Gasteiger partial charge in [0.2, 0.25) is 0 Å². The number of nitrogens with zero attached hydrogens (tertiary/aromatic N) is 2. The zero-order chi connectivity index (χ0) is 18.9. The third-order valence-electron chi connectivity index (χ3n) is 4.77. The number of likely N-dealkylation sites (tertiary alicyclic amines) is 1. The summed E-state index contributed by atoms with van der Waals surface area (Å²) in [5.41, 5.74) is -0.961. The molecule has 3 N–H and O–H groups in total. The lowest BCUT2D eigenvalue weighted by atomic mass is 9.88. The molecule has 2 atom stereocenters. The fourth-order valence-electron chi connectivity index (χ4n) is 3.51. The second-order valence-corrected chi connectivity index (χ2v) is 6.89. The number of hydrogen-bond donors (Lipinski definition) is 3. The minimum Gasteiger partial charge on any atom is -0.478 e. The largest absolute Gasteiger partial charge is 0.478 e. The van der Waals surface area contributed by atoms with E-state index in [-0.39, 0.29) is 5.56 Å². The Kier molecular flexibility index (Phi) is 4.80. The molecule has 0 unspecified atom stereocenters. The number of carboxylic acid groups (broad SMARTS) is 1. The van der Waals surface area contributed by atoms with Gasteiger partial charge < -0.3 is 10.2 Å². The van der Waals surface area contributed by atoms with Crippen LogP contribution in [-0.4, -0.2) is 49.3 Å². The molecule has 26 heavy (non-hydrogen) atoms. The Morgan fingerprint density at radius 1 is 1.27 bits per heavy atom. The van der Waals surface area contributed by atoms with Crippen molar-refractivity contribution in [3.63, 3.8) is 0 Å². The van der Waals surface area contributed by atoms with Gasteiger partial charge in [-0.05, 0) is 31.0 Å². The molecule has 1 fully saturated rings. The molecule has 1 saturated heterocycles. The summed E-state index contributed by atoms with van der Waals surface area (Å²) in [4.78, 5) is 38.4. The first-order valence-electron chi connectivity index (χ1n) is 8.35. The number of carbonyl (C=O) groups is 1. The second-order valence-electron chi connectivity index (χ2n) is 6.89. The molecule has 0 radical (unpaired) electrons. The van der Waals surface area contributed by atoms with Crippen molar-refractivity contribution in [3.05, 3.63) is 68.5 Å². The van der Waals surface area contributed by atoms with Crippen LogP contribution in [0.4, 0.5) is 0 Å². The molecule has 2 heterocycles. The molecular formula is C18H21N3O5. The number of benzene rings is 1. The summed E-state index contributed by atoms with van der Waals surface area (Å²) < 4.78 is 1.38. The van der Waals surface area contributed by atoms with Gasteiger partial charge in [-0.15, -0.1) is 0 Å². The Morgan fingerprint density at radius 2 is 1.96 bits per heavy atom. The van der Waals surface area contributed by atoms with Gasteiger partial charge in [0.05, 0.1) is 17.2 Å². The summed E-state index contributed by atoms with van der Waals surface area (Å²) in [5.74, 6) is -0.966. The lowest BCUT2D eigenvalue weighted by Crippen LogP contribution is -2.54. The standard InChI is InChI=1S/C18H21N3O5/c1-18(26)11-20(10-12-2-4-13(5-3-12)16(23)24)8-6-14(18)21-9-7-15(22)19-17(21)25/h2-5,7,9,14,26H,6,8,10-11H2,1H3,(H,23,24)(H,19,22,25)/t14-,18-/m1/s1. The molecule has 0 aliphatic carbocycles. The molecule has 3 rings (SSSR count). The van der Waals surface area contributed by atoms with Crippen LogP contribution in [-0.2, 0) is 6.54 Å². The Labute approximate surface area is 149 Å². The van der Waals surface area contributed by atoms with Crippen molar-refractivity contribution in [1.82, 2.24) is 14.5 Å². The van der Waals surface area contributed by atoms with Gasteiger partial charge >= 0.3 is 11.7 Å². The van der Waals surface area contributed by atoms with Crippen molar-refractivity contribution < 1.29 is 15.0 Å². The van der Waals surface area contributed by atoms with Crippen LogP contribution >= 0.6 is 0 Å². The van der Waals surface area contributed by atoms with E-state index in [4.69, 9.17) is 5.11 Å². The number of piperidine rings is 1. The number of rotatable bonds is 4. The zero-order valence-electron chi connectivity index (χ0n) is 14.4. The van der Waals surface area contributed by atoms with Crippen molar-refractivity contribution in [1.29, 1.82) is 0 Å². The molecule has 1 aliphatic rings. The van der Waals surface area contributed by atoms with E-state index in [1.54, 1.807) is 31.2 Å². The molecule has 1 aromatic carbocycles. The van der Waals surface area contributed by atoms with Gasteiger partial charge in [0, 0.05) is 31.9 Å². The van der Waals surface area contributed by atoms with E-state index in [9.17, 15) is 19.5 Å². The fraction of sp³-hybridized carbons (Fsp3) is 0.389. The summed E-state index contributed by atoms with van der Waals surface area (Å²) in [7, 11) is 0. The lowest BCUT2D eigenvalue weighted by Gasteiger charge is -2.43. The third-order valence-corrected chi connectivity index (χ3v) is 4.77. The van der Waals surface area contributed by atoms with Gasteiger partial charge in [-0.3, -0.25) is 19.2 Å². The fourth-order valence-corrected chi connectivity index (χ4v) is 3.51. The predicted molar refractivity (Wildman–Crippen MR) is 94.3 cm³/mol. The van der Waals surface area contributed by atoms with Crippen molar-refractivity contribution >= 4 is 5.97 Å². The van der Waals surface area contributed by atoms with Crippen molar-refractivity contribution in [3.8, 4) is 0 Å². The average molecular weight is 359 g/mol. The minimum absolute atomic E-state index is 0.233. The highest BCUT2D eigenvalue weighted by Crippen LogP contribution is 2.31. The minimum atomic E-state index is -1.15. The number of carboxylic acids is 1. The molecular weight excluding hydrogens is 338 g/mol. The summed E-state index contributed by atoms with van der Waals surface area (Å²) in [6, 6.07) is 7.48. The maximum atomic E-state index is 12.0. The molecule has 0 saturated carbocycles. The normalized spacial score (nSPS) is 23.7. The first-order valence-corrected chi connectivity index (χ1v) is 8.35. The number of nitrogens with one attached hydrogen (secondary N) is 1. The number of aromatic nitrogens is 2. The van der Waals surface area contributed by atoms with E-state index in [1.165, 1.54) is 16.8 Å². The monoisotopic (exact) mass is 359 g/mol. The maximum Gasteiger partial charge on any atom is 0.335 e. The van der Waals surface area contributed by atoms with Crippen LogP contribution in [0.25, 0.3) is 0 Å². The lowest BCUT2D eigenvalue weighted by molar-refractivity contribution is -0.0603. The summed E-state index contributed by atoms with van der Waals surface area (Å²) in [6.07, 6.45) is 1.97. The van der Waals surface area contributed by atoms with Crippen molar-refractivity contribution in [2.75, 3.05) is 13.1 Å². The van der Waals surface area contributed by atoms with E-state index < -0.39 is 28.9 Å². The smallest absolute Gasteiger partial charge is 0.335 e. The highest BCUT2D eigenvalue weighted by Gasteiger charge is 2.39. The molecule has 2 aromatic rings. The van der Waals surface area contributed by atoms with E-state index in [1.807, 2.05) is 0 Å². The average Bonchev–Trinajstić information content (AvgIpc) is 2.56. The molecule has 8 nitrogen and oxygen atoms in total. The Bertz CT molecular complexity index is 913. The topological polar surface area (TPSA) is 116 Å². The Hall–Kier alpha value is -2.71. The molecule has 0 bridgehead atoms. The van der Waals surface area contributed by atoms with E-state index >= 15 is 0 Å². The predicted octanol–water partition coefficient (Wildman–Crippen LogP) is 0.433. The van der Waals surface area contributed by atoms with Gasteiger partial charge in [0.1, 0.15) is 0 Å². The third kappa shape index (κ3) is 3.76. The van der Waals surface area contributed by atoms with Crippen LogP contribution in [0.2, 0.25) is 0 Å². The molecule has 1 aliphatic heterocycles. The first-order chi connectivity index (χ1) is 12.3. The SMILES string of the molecule is C[C@@]1(O)CN(Cc2ccc(C(=O)O)cc2)CC[C@H]1n1ccc(=O)[nH]c1=O. The molecule has 0 amide bonds. The molecule has 8 heteroatoms. The van der Waals surface area contributed by atoms with E-state index in [0.717, 1.165) is 5.56 Å². The van der Waals surface area contributed by atoms with Crippen molar-refractivity contribution in [2.45, 2.75) is 31.5 Å². The summed E-state index contributed by atoms with van der Waals surface area (Å²) >= 11 is 0. The molecule has 138 valence electrons. The highest BCUT2D eigenvalue weighted by atomic mass is 16.4. The Balaban J connectivity index is 1.73. The maximum absolute atomic E-state index is 12.0. The van der Waals surface area contributed by atoms with Crippen LogP contribution in [0.15, 0.2) is 46.1 Å². The van der Waals surface area contributed by atoms with Gasteiger partial charge in [0.25, 0.3) is 5.56 Å².